The molecule has 1 aliphatic rings. The van der Waals surface area contributed by atoms with E-state index >= 15 is 0 Å². The Balaban J connectivity index is 1.69. The quantitative estimate of drug-likeness (QED) is 0.839. The van der Waals surface area contributed by atoms with Crippen LogP contribution in [0.25, 0.3) is 0 Å². The number of nitrogen functional groups attached to an aromatic ring is 1. The molecular formula is C12H13N3O2. The number of anilines is 1. The van der Waals surface area contributed by atoms with E-state index in [2.05, 4.69) is 10.2 Å². The van der Waals surface area contributed by atoms with Gasteiger partial charge in [-0.05, 0) is 30.5 Å². The molecule has 3 rings (SSSR count). The maximum atomic E-state index is 5.54. The van der Waals surface area contributed by atoms with Crippen molar-refractivity contribution in [1.82, 2.24) is 10.2 Å². The number of hydrogen-bond acceptors (Lipinski definition) is 4. The molecule has 1 aromatic carbocycles. The number of hydrogen-bond donors (Lipinski definition) is 2. The summed E-state index contributed by atoms with van der Waals surface area (Å²) in [5.41, 5.74) is 7.79. The summed E-state index contributed by atoms with van der Waals surface area (Å²) in [4.78, 5) is 0. The molecule has 0 saturated heterocycles. The third-order valence-corrected chi connectivity index (χ3v) is 2.77. The smallest absolute Gasteiger partial charge is 0.231 e. The monoisotopic (exact) mass is 231 g/mol. The molecule has 88 valence electrons. The average molecular weight is 231 g/mol. The van der Waals surface area contributed by atoms with Gasteiger partial charge < -0.3 is 15.2 Å². The zero-order chi connectivity index (χ0) is 11.7. The maximum Gasteiger partial charge on any atom is 0.231 e. The van der Waals surface area contributed by atoms with Crippen molar-refractivity contribution in [2.45, 2.75) is 12.8 Å². The molecule has 17 heavy (non-hydrogen) atoms. The molecule has 0 atom stereocenters. The Labute approximate surface area is 98.5 Å². The molecule has 2 heterocycles. The van der Waals surface area contributed by atoms with Crippen LogP contribution in [0.2, 0.25) is 0 Å². The number of fused-ring (bicyclic) bond motifs is 1. The maximum absolute atomic E-state index is 5.54. The highest BCUT2D eigenvalue weighted by atomic mass is 16.7. The fraction of sp³-hybridized carbons (Fsp3) is 0.250. The van der Waals surface area contributed by atoms with Crippen molar-refractivity contribution in [3.05, 3.63) is 35.5 Å². The fourth-order valence-electron chi connectivity index (χ4n) is 1.88. The van der Waals surface area contributed by atoms with Crippen LogP contribution < -0.4 is 15.2 Å². The summed E-state index contributed by atoms with van der Waals surface area (Å²) in [7, 11) is 0. The van der Waals surface area contributed by atoms with Gasteiger partial charge in [-0.1, -0.05) is 6.07 Å². The molecule has 0 unspecified atom stereocenters. The predicted octanol–water partition coefficient (Wildman–Crippen LogP) is 1.51. The minimum absolute atomic E-state index is 0.315. The Bertz CT molecular complexity index is 536. The molecule has 0 radical (unpaired) electrons. The van der Waals surface area contributed by atoms with Crippen LogP contribution in [0.1, 0.15) is 11.3 Å². The summed E-state index contributed by atoms with van der Waals surface area (Å²) < 4.78 is 10.6. The van der Waals surface area contributed by atoms with Crippen LogP contribution in [0.4, 0.5) is 5.82 Å². The number of aromatic amines is 1. The highest BCUT2D eigenvalue weighted by Gasteiger charge is 2.13. The van der Waals surface area contributed by atoms with Gasteiger partial charge in [-0.2, -0.15) is 5.10 Å². The number of H-pyrrole nitrogens is 1. The lowest BCUT2D eigenvalue weighted by Gasteiger charge is -2.01. The molecule has 5 nitrogen and oxygen atoms in total. The Morgan fingerprint density at radius 2 is 2.06 bits per heavy atom. The molecule has 0 spiro atoms. The Kier molecular flexibility index (Phi) is 2.36. The van der Waals surface area contributed by atoms with Gasteiger partial charge in [0.05, 0.1) is 0 Å². The molecule has 0 amide bonds. The molecule has 0 saturated carbocycles. The molecule has 0 aliphatic carbocycles. The second kappa shape index (κ2) is 4.01. The first-order valence-corrected chi connectivity index (χ1v) is 5.49. The van der Waals surface area contributed by atoms with Gasteiger partial charge in [-0.25, -0.2) is 0 Å². The molecule has 2 aromatic rings. The summed E-state index contributed by atoms with van der Waals surface area (Å²) in [6.45, 7) is 0.315. The first-order valence-electron chi connectivity index (χ1n) is 5.49. The van der Waals surface area contributed by atoms with E-state index < -0.39 is 0 Å². The Hall–Kier alpha value is -2.17. The summed E-state index contributed by atoms with van der Waals surface area (Å²) in [5.74, 6) is 2.18. The van der Waals surface area contributed by atoms with Gasteiger partial charge >= 0.3 is 0 Å². The standard InChI is InChI=1S/C12H13N3O2/c13-12-6-9(14-15-12)3-1-8-2-4-10-11(5-8)17-7-16-10/h2,4-6H,1,3,7H2,(H3,13,14,15). The summed E-state index contributed by atoms with van der Waals surface area (Å²) in [5, 5.41) is 6.79. The van der Waals surface area contributed by atoms with E-state index in [9.17, 15) is 0 Å². The summed E-state index contributed by atoms with van der Waals surface area (Å²) >= 11 is 0. The van der Waals surface area contributed by atoms with E-state index in [1.54, 1.807) is 0 Å². The SMILES string of the molecule is Nc1cc(CCc2ccc3c(c2)OCO3)[nH]n1. The minimum atomic E-state index is 0.315. The van der Waals surface area contributed by atoms with E-state index in [1.807, 2.05) is 24.3 Å². The molecule has 1 aliphatic heterocycles. The number of benzene rings is 1. The van der Waals surface area contributed by atoms with Gasteiger partial charge in [0.1, 0.15) is 5.82 Å². The van der Waals surface area contributed by atoms with Crippen LogP contribution in [0.3, 0.4) is 0 Å². The number of aromatic nitrogens is 2. The molecule has 3 N–H and O–H groups in total. The second-order valence-corrected chi connectivity index (χ2v) is 4.01. The fourth-order valence-corrected chi connectivity index (χ4v) is 1.88. The van der Waals surface area contributed by atoms with Crippen molar-refractivity contribution in [1.29, 1.82) is 0 Å². The lowest BCUT2D eigenvalue weighted by Crippen LogP contribution is -1.93. The lowest BCUT2D eigenvalue weighted by molar-refractivity contribution is 0.174. The highest BCUT2D eigenvalue weighted by Crippen LogP contribution is 2.32. The van der Waals surface area contributed by atoms with E-state index in [1.165, 1.54) is 5.56 Å². The topological polar surface area (TPSA) is 73.2 Å². The van der Waals surface area contributed by atoms with Crippen molar-refractivity contribution in [2.75, 3.05) is 12.5 Å². The Morgan fingerprint density at radius 3 is 2.88 bits per heavy atom. The summed E-state index contributed by atoms with van der Waals surface area (Å²) in [6.07, 6.45) is 1.79. The molecule has 0 bridgehead atoms. The third-order valence-electron chi connectivity index (χ3n) is 2.77. The Morgan fingerprint density at radius 1 is 1.18 bits per heavy atom. The first-order chi connectivity index (χ1) is 8.31. The molecule has 0 fully saturated rings. The number of nitrogens with zero attached hydrogens (tertiary/aromatic N) is 1. The van der Waals surface area contributed by atoms with Crippen molar-refractivity contribution in [3.8, 4) is 11.5 Å². The number of rotatable bonds is 3. The van der Waals surface area contributed by atoms with E-state index in [-0.39, 0.29) is 0 Å². The van der Waals surface area contributed by atoms with E-state index in [4.69, 9.17) is 15.2 Å². The molecule has 1 aromatic heterocycles. The van der Waals surface area contributed by atoms with Crippen LogP contribution >= 0.6 is 0 Å². The summed E-state index contributed by atoms with van der Waals surface area (Å²) in [6, 6.07) is 7.86. The van der Waals surface area contributed by atoms with E-state index in [0.717, 1.165) is 30.0 Å². The van der Waals surface area contributed by atoms with Gasteiger partial charge in [0.2, 0.25) is 6.79 Å². The van der Waals surface area contributed by atoms with Gasteiger partial charge in [-0.15, -0.1) is 0 Å². The number of aryl methyl sites for hydroxylation is 2. The van der Waals surface area contributed by atoms with E-state index in [0.29, 0.717) is 12.6 Å². The normalized spacial score (nSPS) is 12.9. The van der Waals surface area contributed by atoms with Gasteiger partial charge in [0, 0.05) is 11.8 Å². The minimum Gasteiger partial charge on any atom is -0.454 e. The van der Waals surface area contributed by atoms with Gasteiger partial charge in [0.15, 0.2) is 11.5 Å². The van der Waals surface area contributed by atoms with Crippen LogP contribution in [0.5, 0.6) is 11.5 Å². The van der Waals surface area contributed by atoms with Crippen LogP contribution in [0, 0.1) is 0 Å². The van der Waals surface area contributed by atoms with Gasteiger partial charge in [-0.3, -0.25) is 5.10 Å². The van der Waals surface area contributed by atoms with Crippen molar-refractivity contribution in [2.24, 2.45) is 0 Å². The number of nitrogens with two attached hydrogens (primary N) is 1. The van der Waals surface area contributed by atoms with Crippen molar-refractivity contribution >= 4 is 5.82 Å². The van der Waals surface area contributed by atoms with Crippen LogP contribution in [0.15, 0.2) is 24.3 Å². The third kappa shape index (κ3) is 2.04. The largest absolute Gasteiger partial charge is 0.454 e. The second-order valence-electron chi connectivity index (χ2n) is 4.01. The predicted molar refractivity (Wildman–Crippen MR) is 63.0 cm³/mol. The van der Waals surface area contributed by atoms with Crippen LogP contribution in [-0.2, 0) is 12.8 Å². The van der Waals surface area contributed by atoms with Gasteiger partial charge in [0.25, 0.3) is 0 Å². The molecule has 5 heteroatoms. The zero-order valence-corrected chi connectivity index (χ0v) is 9.27. The highest BCUT2D eigenvalue weighted by molar-refractivity contribution is 5.44. The van der Waals surface area contributed by atoms with Crippen molar-refractivity contribution < 1.29 is 9.47 Å². The van der Waals surface area contributed by atoms with Crippen molar-refractivity contribution in [3.63, 3.8) is 0 Å². The number of nitrogens with one attached hydrogen (secondary N) is 1. The number of ether oxygens (including phenoxy) is 2. The molecular weight excluding hydrogens is 218 g/mol. The zero-order valence-electron chi connectivity index (χ0n) is 9.27. The lowest BCUT2D eigenvalue weighted by atomic mass is 10.1. The average Bonchev–Trinajstić information content (AvgIpc) is 2.94. The first kappa shape index (κ1) is 10.0. The van der Waals surface area contributed by atoms with Crippen LogP contribution in [-0.4, -0.2) is 17.0 Å².